The molecule has 3 N–H and O–H groups in total. The summed E-state index contributed by atoms with van der Waals surface area (Å²) >= 11 is 0. The van der Waals surface area contributed by atoms with E-state index in [2.05, 4.69) is 10.6 Å². The molecule has 0 saturated carbocycles. The second-order valence-electron chi connectivity index (χ2n) is 3.95. The molecule has 7 heteroatoms. The fourth-order valence-corrected chi connectivity index (χ4v) is 1.61. The number of carboxylic acids is 1. The van der Waals surface area contributed by atoms with Gasteiger partial charge in [-0.25, -0.2) is 4.79 Å². The molecule has 0 spiro atoms. The van der Waals surface area contributed by atoms with Gasteiger partial charge in [0.05, 0.1) is 0 Å². The molecule has 19 heavy (non-hydrogen) atoms. The molecule has 2 amide bonds. The van der Waals surface area contributed by atoms with Gasteiger partial charge in [0.2, 0.25) is 5.91 Å². The average molecular weight is 264 g/mol. The Kier molecular flexibility index (Phi) is 3.76. The molecule has 0 bridgehead atoms. The van der Waals surface area contributed by atoms with Crippen LogP contribution in [0.2, 0.25) is 0 Å². The van der Waals surface area contributed by atoms with Crippen LogP contribution >= 0.6 is 0 Å². The van der Waals surface area contributed by atoms with E-state index in [0.717, 1.165) is 0 Å². The van der Waals surface area contributed by atoms with Crippen molar-refractivity contribution >= 4 is 17.8 Å². The Bertz CT molecular complexity index is 502. The Labute approximate surface area is 108 Å². The Balaban J connectivity index is 1.92. The molecular formula is C12H12N2O5. The van der Waals surface area contributed by atoms with E-state index >= 15 is 0 Å². The molecule has 0 radical (unpaired) electrons. The lowest BCUT2D eigenvalue weighted by atomic mass is 10.1. The number of β-lactam (4-membered cyclic amide) rings is 1. The van der Waals surface area contributed by atoms with E-state index in [1.807, 2.05) is 0 Å². The molecule has 100 valence electrons. The first-order valence-electron chi connectivity index (χ1n) is 5.57. The lowest BCUT2D eigenvalue weighted by Crippen LogP contribution is -2.70. The van der Waals surface area contributed by atoms with Gasteiger partial charge in [0.25, 0.3) is 5.91 Å². The molecule has 1 aromatic rings. The summed E-state index contributed by atoms with van der Waals surface area (Å²) in [4.78, 5) is 33.5. The van der Waals surface area contributed by atoms with Crippen LogP contribution in [0.5, 0.6) is 0 Å². The van der Waals surface area contributed by atoms with Gasteiger partial charge in [0.15, 0.2) is 12.3 Å². The van der Waals surface area contributed by atoms with E-state index in [0.29, 0.717) is 5.56 Å². The summed E-state index contributed by atoms with van der Waals surface area (Å²) in [6.45, 7) is -0.539. The fourth-order valence-electron chi connectivity index (χ4n) is 1.61. The maximum Gasteiger partial charge on any atom is 0.329 e. The van der Waals surface area contributed by atoms with Crippen molar-refractivity contribution < 1.29 is 24.2 Å². The van der Waals surface area contributed by atoms with Crippen molar-refractivity contribution in [3.05, 3.63) is 35.9 Å². The van der Waals surface area contributed by atoms with Gasteiger partial charge in [-0.1, -0.05) is 18.2 Å². The first kappa shape index (κ1) is 13.0. The van der Waals surface area contributed by atoms with Crippen LogP contribution in [-0.2, 0) is 14.3 Å². The molecule has 1 aliphatic heterocycles. The molecule has 0 aliphatic carbocycles. The van der Waals surface area contributed by atoms with Crippen LogP contribution in [0, 0.1) is 0 Å². The first-order chi connectivity index (χ1) is 9.08. The number of amides is 2. The van der Waals surface area contributed by atoms with Crippen molar-refractivity contribution in [1.29, 1.82) is 0 Å². The number of nitrogens with one attached hydrogen (secondary N) is 2. The van der Waals surface area contributed by atoms with Gasteiger partial charge in [0, 0.05) is 5.56 Å². The lowest BCUT2D eigenvalue weighted by molar-refractivity contribution is -0.157. The quantitative estimate of drug-likeness (QED) is 0.612. The second-order valence-corrected chi connectivity index (χ2v) is 3.95. The zero-order valence-corrected chi connectivity index (χ0v) is 9.83. The van der Waals surface area contributed by atoms with E-state index in [1.54, 1.807) is 30.3 Å². The smallest absolute Gasteiger partial charge is 0.329 e. The number of hydrogen-bond donors (Lipinski definition) is 3. The Hall–Kier alpha value is -2.41. The third kappa shape index (κ3) is 3.08. The summed E-state index contributed by atoms with van der Waals surface area (Å²) in [5, 5.41) is 13.3. The monoisotopic (exact) mass is 264 g/mol. The highest BCUT2D eigenvalue weighted by atomic mass is 16.5. The number of ether oxygens (including phenoxy) is 1. The third-order valence-electron chi connectivity index (χ3n) is 2.58. The number of carbonyl (C=O) groups is 3. The van der Waals surface area contributed by atoms with Crippen LogP contribution in [0.1, 0.15) is 10.4 Å². The summed E-state index contributed by atoms with van der Waals surface area (Å²) in [5.74, 6) is -1.96. The molecule has 7 nitrogen and oxygen atoms in total. The topological polar surface area (TPSA) is 105 Å². The van der Waals surface area contributed by atoms with Gasteiger partial charge in [-0.3, -0.25) is 9.59 Å². The van der Waals surface area contributed by atoms with Crippen LogP contribution in [0.25, 0.3) is 0 Å². The van der Waals surface area contributed by atoms with Crippen LogP contribution < -0.4 is 10.6 Å². The second kappa shape index (κ2) is 5.49. The van der Waals surface area contributed by atoms with Gasteiger partial charge in [-0.2, -0.15) is 0 Å². The van der Waals surface area contributed by atoms with Crippen molar-refractivity contribution in [2.75, 3.05) is 6.61 Å². The van der Waals surface area contributed by atoms with E-state index in [4.69, 9.17) is 9.84 Å². The number of rotatable bonds is 5. The van der Waals surface area contributed by atoms with Crippen LogP contribution in [0.3, 0.4) is 0 Å². The predicted octanol–water partition coefficient (Wildman–Crippen LogP) is -0.658. The molecule has 1 aromatic carbocycles. The van der Waals surface area contributed by atoms with Crippen LogP contribution in [0.4, 0.5) is 0 Å². The summed E-state index contributed by atoms with van der Waals surface area (Å²) in [6.07, 6.45) is -0.809. The van der Waals surface area contributed by atoms with E-state index in [1.165, 1.54) is 0 Å². The van der Waals surface area contributed by atoms with E-state index in [-0.39, 0.29) is 0 Å². The molecule has 0 unspecified atom stereocenters. The van der Waals surface area contributed by atoms with Gasteiger partial charge in [-0.15, -0.1) is 0 Å². The zero-order valence-electron chi connectivity index (χ0n) is 9.83. The Morgan fingerprint density at radius 3 is 2.58 bits per heavy atom. The zero-order chi connectivity index (χ0) is 13.8. The molecular weight excluding hydrogens is 252 g/mol. The Morgan fingerprint density at radius 1 is 1.32 bits per heavy atom. The number of hydrogen-bond acceptors (Lipinski definition) is 4. The summed E-state index contributed by atoms with van der Waals surface area (Å²) in [6, 6.07) is 7.53. The van der Waals surface area contributed by atoms with Crippen molar-refractivity contribution in [1.82, 2.24) is 10.6 Å². The molecule has 2 atom stereocenters. The molecule has 0 aromatic heterocycles. The van der Waals surface area contributed by atoms with E-state index in [9.17, 15) is 14.4 Å². The predicted molar refractivity (Wildman–Crippen MR) is 63.2 cm³/mol. The normalized spacial score (nSPS) is 21.2. The Morgan fingerprint density at radius 2 is 2.00 bits per heavy atom. The SMILES string of the molecule is O=C(O)CO[C@H]1NC(=O)[C@@H]1NC(=O)c1ccccc1. The first-order valence-corrected chi connectivity index (χ1v) is 5.57. The van der Waals surface area contributed by atoms with Crippen molar-refractivity contribution in [2.24, 2.45) is 0 Å². The number of benzene rings is 1. The van der Waals surface area contributed by atoms with Gasteiger partial charge < -0.3 is 20.5 Å². The highest BCUT2D eigenvalue weighted by Crippen LogP contribution is 2.09. The summed E-state index contributed by atoms with van der Waals surface area (Å²) in [5.41, 5.74) is 0.416. The molecule has 1 saturated heterocycles. The minimum Gasteiger partial charge on any atom is -0.480 e. The summed E-state index contributed by atoms with van der Waals surface area (Å²) < 4.78 is 4.91. The van der Waals surface area contributed by atoms with Crippen molar-refractivity contribution in [3.63, 3.8) is 0 Å². The number of carboxylic acid groups (broad SMARTS) is 1. The fraction of sp³-hybridized carbons (Fsp3) is 0.250. The van der Waals surface area contributed by atoms with Crippen LogP contribution in [-0.4, -0.2) is 41.8 Å². The lowest BCUT2D eigenvalue weighted by Gasteiger charge is -2.36. The molecule has 2 rings (SSSR count). The largest absolute Gasteiger partial charge is 0.480 e. The van der Waals surface area contributed by atoms with Gasteiger partial charge in [0.1, 0.15) is 6.61 Å². The maximum absolute atomic E-state index is 11.8. The molecule has 1 heterocycles. The van der Waals surface area contributed by atoms with Crippen molar-refractivity contribution in [3.8, 4) is 0 Å². The minimum absolute atomic E-state index is 0.403. The summed E-state index contributed by atoms with van der Waals surface area (Å²) in [7, 11) is 0. The minimum atomic E-state index is -1.14. The van der Waals surface area contributed by atoms with Gasteiger partial charge >= 0.3 is 5.97 Å². The molecule has 1 aliphatic rings. The maximum atomic E-state index is 11.8. The third-order valence-corrected chi connectivity index (χ3v) is 2.58. The average Bonchev–Trinajstić information content (AvgIpc) is 2.41. The molecule has 1 fully saturated rings. The van der Waals surface area contributed by atoms with Crippen LogP contribution in [0.15, 0.2) is 30.3 Å². The van der Waals surface area contributed by atoms with Crippen molar-refractivity contribution in [2.45, 2.75) is 12.3 Å². The number of aliphatic carboxylic acids is 1. The standard InChI is InChI=1S/C12H12N2O5/c15-8(16)6-19-12-9(11(18)14-12)13-10(17)7-4-2-1-3-5-7/h1-5,9,12H,6H2,(H,13,17)(H,14,18)(H,15,16)/t9-,12+/m0/s1. The highest BCUT2D eigenvalue weighted by molar-refractivity contribution is 5.99. The van der Waals surface area contributed by atoms with Gasteiger partial charge in [-0.05, 0) is 12.1 Å². The number of carbonyl (C=O) groups excluding carboxylic acids is 2. The highest BCUT2D eigenvalue weighted by Gasteiger charge is 2.41. The van der Waals surface area contributed by atoms with E-state index < -0.39 is 36.7 Å².